The van der Waals surface area contributed by atoms with Gasteiger partial charge in [-0.05, 0) is 25.8 Å². The fourth-order valence-electron chi connectivity index (χ4n) is 2.41. The quantitative estimate of drug-likeness (QED) is 0.694. The maximum atomic E-state index is 11.7. The van der Waals surface area contributed by atoms with Crippen molar-refractivity contribution in [3.05, 3.63) is 0 Å². The Hall–Kier alpha value is -0.570. The maximum absolute atomic E-state index is 11.7. The number of amides is 1. The molecule has 0 aromatic heterocycles. The van der Waals surface area contributed by atoms with Gasteiger partial charge in [0.05, 0.1) is 0 Å². The van der Waals surface area contributed by atoms with E-state index in [-0.39, 0.29) is 5.91 Å². The van der Waals surface area contributed by atoms with Crippen LogP contribution in [-0.4, -0.2) is 36.5 Å². The molecule has 0 unspecified atom stereocenters. The average Bonchev–Trinajstić information content (AvgIpc) is 2.36. The summed E-state index contributed by atoms with van der Waals surface area (Å²) in [7, 11) is 0. The van der Waals surface area contributed by atoms with Gasteiger partial charge in [0.1, 0.15) is 0 Å². The SMILES string of the molecule is CCCCCCC(=O)NC1CCN(CC)CC1. The third-order valence-electron chi connectivity index (χ3n) is 3.66. The summed E-state index contributed by atoms with van der Waals surface area (Å²) in [6.45, 7) is 7.81. The van der Waals surface area contributed by atoms with Gasteiger partial charge >= 0.3 is 0 Å². The van der Waals surface area contributed by atoms with Gasteiger partial charge < -0.3 is 10.2 Å². The molecule has 0 aromatic carbocycles. The van der Waals surface area contributed by atoms with Crippen LogP contribution in [0.5, 0.6) is 0 Å². The topological polar surface area (TPSA) is 32.3 Å². The largest absolute Gasteiger partial charge is 0.353 e. The molecule has 0 bridgehead atoms. The summed E-state index contributed by atoms with van der Waals surface area (Å²) in [5, 5.41) is 3.17. The second-order valence-corrected chi connectivity index (χ2v) is 5.09. The number of rotatable bonds is 7. The van der Waals surface area contributed by atoms with Crippen LogP contribution in [0.15, 0.2) is 0 Å². The first-order chi connectivity index (χ1) is 8.26. The minimum Gasteiger partial charge on any atom is -0.353 e. The average molecular weight is 240 g/mol. The second kappa shape index (κ2) is 8.51. The van der Waals surface area contributed by atoms with Crippen LogP contribution in [0.3, 0.4) is 0 Å². The summed E-state index contributed by atoms with van der Waals surface area (Å²) < 4.78 is 0. The molecule has 100 valence electrons. The van der Waals surface area contributed by atoms with Crippen molar-refractivity contribution >= 4 is 5.91 Å². The minimum atomic E-state index is 0.260. The van der Waals surface area contributed by atoms with E-state index in [0.717, 1.165) is 38.9 Å². The first-order valence-corrected chi connectivity index (χ1v) is 7.28. The van der Waals surface area contributed by atoms with Crippen LogP contribution >= 0.6 is 0 Å². The summed E-state index contributed by atoms with van der Waals surface area (Å²) in [5.74, 6) is 0.260. The number of piperidine rings is 1. The van der Waals surface area contributed by atoms with E-state index in [1.807, 2.05) is 0 Å². The van der Waals surface area contributed by atoms with E-state index in [4.69, 9.17) is 0 Å². The number of hydrogen-bond donors (Lipinski definition) is 1. The van der Waals surface area contributed by atoms with Crippen LogP contribution in [0.4, 0.5) is 0 Å². The van der Waals surface area contributed by atoms with Crippen molar-refractivity contribution in [1.29, 1.82) is 0 Å². The zero-order valence-electron chi connectivity index (χ0n) is 11.5. The van der Waals surface area contributed by atoms with Crippen LogP contribution in [0.25, 0.3) is 0 Å². The van der Waals surface area contributed by atoms with Crippen molar-refractivity contribution in [3.63, 3.8) is 0 Å². The zero-order valence-corrected chi connectivity index (χ0v) is 11.5. The molecule has 0 radical (unpaired) electrons. The van der Waals surface area contributed by atoms with Gasteiger partial charge in [-0.2, -0.15) is 0 Å². The Labute approximate surface area is 106 Å². The lowest BCUT2D eigenvalue weighted by molar-refractivity contribution is -0.122. The minimum absolute atomic E-state index is 0.260. The van der Waals surface area contributed by atoms with Crippen LogP contribution in [-0.2, 0) is 4.79 Å². The molecule has 1 aliphatic rings. The van der Waals surface area contributed by atoms with E-state index < -0.39 is 0 Å². The highest BCUT2D eigenvalue weighted by atomic mass is 16.1. The summed E-state index contributed by atoms with van der Waals surface area (Å²) in [5.41, 5.74) is 0. The van der Waals surface area contributed by atoms with Crippen LogP contribution in [0.1, 0.15) is 58.8 Å². The van der Waals surface area contributed by atoms with E-state index in [1.54, 1.807) is 0 Å². The van der Waals surface area contributed by atoms with E-state index in [2.05, 4.69) is 24.1 Å². The summed E-state index contributed by atoms with van der Waals surface area (Å²) >= 11 is 0. The summed E-state index contributed by atoms with van der Waals surface area (Å²) in [4.78, 5) is 14.1. The number of hydrogen-bond acceptors (Lipinski definition) is 2. The van der Waals surface area contributed by atoms with E-state index in [0.29, 0.717) is 12.5 Å². The van der Waals surface area contributed by atoms with Crippen molar-refractivity contribution in [1.82, 2.24) is 10.2 Å². The van der Waals surface area contributed by atoms with Gasteiger partial charge in [0, 0.05) is 25.6 Å². The fourth-order valence-corrected chi connectivity index (χ4v) is 2.41. The first kappa shape index (κ1) is 14.5. The molecule has 1 fully saturated rings. The van der Waals surface area contributed by atoms with Crippen LogP contribution < -0.4 is 5.32 Å². The Morgan fingerprint density at radius 1 is 1.18 bits per heavy atom. The lowest BCUT2D eigenvalue weighted by Crippen LogP contribution is -2.44. The molecule has 1 rings (SSSR count). The van der Waals surface area contributed by atoms with Crippen molar-refractivity contribution in [2.24, 2.45) is 0 Å². The van der Waals surface area contributed by atoms with Crippen molar-refractivity contribution in [3.8, 4) is 0 Å². The first-order valence-electron chi connectivity index (χ1n) is 7.28. The molecule has 1 amide bonds. The molecule has 1 aliphatic heterocycles. The number of carbonyl (C=O) groups excluding carboxylic acids is 1. The highest BCUT2D eigenvalue weighted by Crippen LogP contribution is 2.10. The van der Waals surface area contributed by atoms with Crippen molar-refractivity contribution < 1.29 is 4.79 Å². The van der Waals surface area contributed by atoms with Gasteiger partial charge in [0.15, 0.2) is 0 Å². The molecule has 17 heavy (non-hydrogen) atoms. The summed E-state index contributed by atoms with van der Waals surface area (Å²) in [6, 6.07) is 0.427. The zero-order chi connectivity index (χ0) is 12.5. The molecule has 1 N–H and O–H groups in total. The molecule has 0 saturated carbocycles. The molecule has 0 aromatic rings. The van der Waals surface area contributed by atoms with Gasteiger partial charge in [-0.25, -0.2) is 0 Å². The van der Waals surface area contributed by atoms with Gasteiger partial charge in [-0.3, -0.25) is 4.79 Å². The fraction of sp³-hybridized carbons (Fsp3) is 0.929. The molecule has 0 aliphatic carbocycles. The molecule has 1 heterocycles. The Kier molecular flexibility index (Phi) is 7.25. The van der Waals surface area contributed by atoms with Gasteiger partial charge in [-0.1, -0.05) is 33.1 Å². The standard InChI is InChI=1S/C14H28N2O/c1-3-5-6-7-8-14(17)15-13-9-11-16(4-2)12-10-13/h13H,3-12H2,1-2H3,(H,15,17). The van der Waals surface area contributed by atoms with Gasteiger partial charge in [0.25, 0.3) is 0 Å². The van der Waals surface area contributed by atoms with E-state index >= 15 is 0 Å². The molecule has 3 nitrogen and oxygen atoms in total. The highest BCUT2D eigenvalue weighted by molar-refractivity contribution is 5.76. The number of unbranched alkanes of at least 4 members (excludes halogenated alkanes) is 3. The molecule has 0 spiro atoms. The predicted octanol–water partition coefficient (Wildman–Crippen LogP) is 2.56. The number of carbonyl (C=O) groups is 1. The smallest absolute Gasteiger partial charge is 0.220 e. The number of likely N-dealkylation sites (tertiary alicyclic amines) is 1. The Morgan fingerprint density at radius 2 is 1.88 bits per heavy atom. The maximum Gasteiger partial charge on any atom is 0.220 e. The molecule has 0 atom stereocenters. The molecular formula is C14H28N2O. The second-order valence-electron chi connectivity index (χ2n) is 5.09. The Morgan fingerprint density at radius 3 is 2.47 bits per heavy atom. The van der Waals surface area contributed by atoms with Crippen LogP contribution in [0.2, 0.25) is 0 Å². The lowest BCUT2D eigenvalue weighted by Gasteiger charge is -2.31. The summed E-state index contributed by atoms with van der Waals surface area (Å²) in [6.07, 6.45) is 7.68. The van der Waals surface area contributed by atoms with Gasteiger partial charge in [0.2, 0.25) is 5.91 Å². The Bertz CT molecular complexity index is 210. The van der Waals surface area contributed by atoms with Crippen molar-refractivity contribution in [2.45, 2.75) is 64.8 Å². The normalized spacial score (nSPS) is 18.2. The molecular weight excluding hydrogens is 212 g/mol. The number of nitrogens with one attached hydrogen (secondary N) is 1. The third-order valence-corrected chi connectivity index (χ3v) is 3.66. The monoisotopic (exact) mass is 240 g/mol. The van der Waals surface area contributed by atoms with Gasteiger partial charge in [-0.15, -0.1) is 0 Å². The third kappa shape index (κ3) is 6.06. The Balaban J connectivity index is 2.06. The van der Waals surface area contributed by atoms with E-state index in [9.17, 15) is 4.79 Å². The van der Waals surface area contributed by atoms with E-state index in [1.165, 1.54) is 19.3 Å². The molecule has 3 heteroatoms. The lowest BCUT2D eigenvalue weighted by atomic mass is 10.0. The number of nitrogens with zero attached hydrogens (tertiary/aromatic N) is 1. The van der Waals surface area contributed by atoms with Crippen molar-refractivity contribution in [2.75, 3.05) is 19.6 Å². The molecule has 1 saturated heterocycles. The highest BCUT2D eigenvalue weighted by Gasteiger charge is 2.19. The van der Waals surface area contributed by atoms with Crippen LogP contribution in [0, 0.1) is 0 Å². The predicted molar refractivity (Wildman–Crippen MR) is 72.0 cm³/mol.